The van der Waals surface area contributed by atoms with Crippen molar-refractivity contribution in [1.82, 2.24) is 9.88 Å². The van der Waals surface area contributed by atoms with Crippen LogP contribution < -0.4 is 5.32 Å². The Morgan fingerprint density at radius 1 is 1.37 bits per heavy atom. The van der Waals surface area contributed by atoms with Crippen molar-refractivity contribution in [2.75, 3.05) is 18.4 Å². The number of hydrogen-bond donors (Lipinski definition) is 4. The van der Waals surface area contributed by atoms with Gasteiger partial charge >= 0.3 is 5.97 Å². The Hall–Kier alpha value is -2.64. The second-order valence-corrected chi connectivity index (χ2v) is 8.29. The van der Waals surface area contributed by atoms with Gasteiger partial charge in [-0.1, -0.05) is 19.4 Å². The molecule has 2 aromatic rings. The van der Waals surface area contributed by atoms with E-state index >= 15 is 0 Å². The maximum atomic E-state index is 12.2. The predicted molar refractivity (Wildman–Crippen MR) is 116 cm³/mol. The van der Waals surface area contributed by atoms with Crippen LogP contribution in [0.1, 0.15) is 62.8 Å². The lowest BCUT2D eigenvalue weighted by molar-refractivity contribution is -0.147. The molecule has 0 spiro atoms. The van der Waals surface area contributed by atoms with Gasteiger partial charge in [-0.05, 0) is 56.0 Å². The zero-order chi connectivity index (χ0) is 21.3. The summed E-state index contributed by atoms with van der Waals surface area (Å²) < 4.78 is 0. The fourth-order valence-corrected chi connectivity index (χ4v) is 4.66. The first-order valence-corrected chi connectivity index (χ1v) is 10.8. The van der Waals surface area contributed by atoms with E-state index in [1.54, 1.807) is 6.07 Å². The summed E-state index contributed by atoms with van der Waals surface area (Å²) in [6.45, 7) is 3.98. The van der Waals surface area contributed by atoms with Crippen LogP contribution in [-0.4, -0.2) is 51.1 Å². The molecular weight excluding hydrogens is 382 g/mol. The Kier molecular flexibility index (Phi) is 5.92. The Morgan fingerprint density at radius 2 is 2.20 bits per heavy atom. The molecule has 30 heavy (non-hydrogen) atoms. The number of nitrogens with zero attached hydrogens (tertiary/aromatic N) is 1. The number of H-pyrrole nitrogens is 1. The summed E-state index contributed by atoms with van der Waals surface area (Å²) in [7, 11) is 0. The zero-order valence-corrected chi connectivity index (χ0v) is 17.3. The average molecular weight is 412 g/mol. The molecule has 1 saturated heterocycles. The van der Waals surface area contributed by atoms with Crippen molar-refractivity contribution in [3.8, 4) is 0 Å². The lowest BCUT2D eigenvalue weighted by atomic mass is 9.91. The summed E-state index contributed by atoms with van der Waals surface area (Å²) in [5.74, 6) is -1.31. The lowest BCUT2D eigenvalue weighted by Crippen LogP contribution is -2.33. The quantitative estimate of drug-likeness (QED) is 0.556. The van der Waals surface area contributed by atoms with Gasteiger partial charge in [0.05, 0.1) is 5.69 Å². The molecule has 3 heterocycles. The Bertz CT molecular complexity index is 994. The number of amides is 1. The molecule has 4 rings (SSSR count). The number of nitrogens with one attached hydrogen (secondary N) is 2. The number of aliphatic hydroxyl groups excluding tert-OH is 1. The molecule has 2 aliphatic heterocycles. The maximum Gasteiger partial charge on any atom is 0.338 e. The molecule has 160 valence electrons. The number of aromatic nitrogens is 1. The zero-order valence-electron chi connectivity index (χ0n) is 17.3. The standard InChI is InChI=1S/C23H29N3O4/c1-2-3-6-19(27)24-15-7-8-18-17(13-15)20(21(25-18)22(28)23(29)30)14-9-11-26-10-4-5-16(26)12-14/h7-9,13,16,22,25,28H,2-6,10-12H2,1H3,(H,24,27)(H,29,30). The number of aromatic amines is 1. The van der Waals surface area contributed by atoms with E-state index in [0.29, 0.717) is 23.8 Å². The van der Waals surface area contributed by atoms with Gasteiger partial charge in [-0.3, -0.25) is 9.69 Å². The molecule has 1 aromatic carbocycles. The third kappa shape index (κ3) is 4.00. The first-order chi connectivity index (χ1) is 14.5. The van der Waals surface area contributed by atoms with Gasteiger partial charge in [0, 0.05) is 41.2 Å². The minimum Gasteiger partial charge on any atom is -0.479 e. The second kappa shape index (κ2) is 8.62. The topological polar surface area (TPSA) is 106 Å². The summed E-state index contributed by atoms with van der Waals surface area (Å²) in [4.78, 5) is 29.3. The predicted octanol–water partition coefficient (Wildman–Crippen LogP) is 3.67. The molecule has 2 unspecified atom stereocenters. The smallest absolute Gasteiger partial charge is 0.338 e. The number of carbonyl (C=O) groups excluding carboxylic acids is 1. The first-order valence-electron chi connectivity index (χ1n) is 10.8. The van der Waals surface area contributed by atoms with Crippen molar-refractivity contribution < 1.29 is 19.8 Å². The summed E-state index contributed by atoms with van der Waals surface area (Å²) in [5, 5.41) is 23.6. The van der Waals surface area contributed by atoms with Crippen molar-refractivity contribution >= 4 is 34.0 Å². The monoisotopic (exact) mass is 411 g/mol. The van der Waals surface area contributed by atoms with Gasteiger partial charge in [-0.25, -0.2) is 4.79 Å². The molecule has 0 aliphatic carbocycles. The van der Waals surface area contributed by atoms with Gasteiger partial charge in [0.15, 0.2) is 6.10 Å². The van der Waals surface area contributed by atoms with E-state index in [4.69, 9.17) is 0 Å². The number of benzene rings is 1. The van der Waals surface area contributed by atoms with Crippen LogP contribution >= 0.6 is 0 Å². The number of unbranched alkanes of at least 4 members (excludes halogenated alkanes) is 1. The highest BCUT2D eigenvalue weighted by atomic mass is 16.4. The minimum absolute atomic E-state index is 0.0300. The minimum atomic E-state index is -1.63. The molecule has 1 fully saturated rings. The summed E-state index contributed by atoms with van der Waals surface area (Å²) in [6, 6.07) is 5.97. The number of hydrogen-bond acceptors (Lipinski definition) is 4. The maximum absolute atomic E-state index is 12.2. The number of aliphatic carboxylic acids is 1. The molecule has 2 atom stereocenters. The summed E-state index contributed by atoms with van der Waals surface area (Å²) >= 11 is 0. The SMILES string of the molecule is CCCCC(=O)Nc1ccc2[nH]c(C(O)C(=O)O)c(C3=CCN4CCCC4C3)c2c1. The van der Waals surface area contributed by atoms with Gasteiger partial charge in [-0.2, -0.15) is 0 Å². The molecule has 0 radical (unpaired) electrons. The molecule has 7 heteroatoms. The van der Waals surface area contributed by atoms with E-state index in [0.717, 1.165) is 60.8 Å². The Morgan fingerprint density at radius 3 is 2.97 bits per heavy atom. The van der Waals surface area contributed by atoms with E-state index in [-0.39, 0.29) is 5.91 Å². The fraction of sp³-hybridized carbons (Fsp3) is 0.478. The Balaban J connectivity index is 1.74. The number of fused-ring (bicyclic) bond motifs is 2. The number of carbonyl (C=O) groups is 2. The Labute approximate surface area is 175 Å². The highest BCUT2D eigenvalue weighted by Crippen LogP contribution is 2.39. The van der Waals surface area contributed by atoms with E-state index in [1.165, 1.54) is 6.42 Å². The normalized spacial score (nSPS) is 20.1. The molecule has 1 aromatic heterocycles. The van der Waals surface area contributed by atoms with Crippen molar-refractivity contribution in [3.05, 3.63) is 35.5 Å². The average Bonchev–Trinajstić information content (AvgIpc) is 3.35. The first kappa shape index (κ1) is 20.6. The van der Waals surface area contributed by atoms with Gasteiger partial charge in [-0.15, -0.1) is 0 Å². The van der Waals surface area contributed by atoms with Crippen LogP contribution in [0.25, 0.3) is 16.5 Å². The molecule has 7 nitrogen and oxygen atoms in total. The van der Waals surface area contributed by atoms with E-state index in [9.17, 15) is 19.8 Å². The van der Waals surface area contributed by atoms with E-state index in [2.05, 4.69) is 21.3 Å². The number of aliphatic hydroxyl groups is 1. The van der Waals surface area contributed by atoms with Crippen molar-refractivity contribution in [3.63, 3.8) is 0 Å². The summed E-state index contributed by atoms with van der Waals surface area (Å²) in [5.41, 5.74) is 3.57. The third-order valence-electron chi connectivity index (χ3n) is 6.22. The second-order valence-electron chi connectivity index (χ2n) is 8.29. The highest BCUT2D eigenvalue weighted by molar-refractivity contribution is 6.00. The number of anilines is 1. The molecular formula is C23H29N3O4. The number of carboxylic acids is 1. The molecule has 2 aliphatic rings. The van der Waals surface area contributed by atoms with Crippen LogP contribution in [0, 0.1) is 0 Å². The molecule has 0 bridgehead atoms. The third-order valence-corrected chi connectivity index (χ3v) is 6.22. The highest BCUT2D eigenvalue weighted by Gasteiger charge is 2.32. The fourth-order valence-electron chi connectivity index (χ4n) is 4.66. The molecule has 0 saturated carbocycles. The van der Waals surface area contributed by atoms with Gasteiger partial charge in [0.25, 0.3) is 0 Å². The van der Waals surface area contributed by atoms with Crippen LogP contribution in [0.4, 0.5) is 5.69 Å². The van der Waals surface area contributed by atoms with Gasteiger partial charge in [0.2, 0.25) is 5.91 Å². The van der Waals surface area contributed by atoms with Crippen molar-refractivity contribution in [2.45, 2.75) is 57.6 Å². The van der Waals surface area contributed by atoms with E-state index < -0.39 is 12.1 Å². The van der Waals surface area contributed by atoms with E-state index in [1.807, 2.05) is 19.1 Å². The molecule has 4 N–H and O–H groups in total. The van der Waals surface area contributed by atoms with Crippen LogP contribution in [0.2, 0.25) is 0 Å². The van der Waals surface area contributed by atoms with Crippen LogP contribution in [-0.2, 0) is 9.59 Å². The number of carboxylic acid groups (broad SMARTS) is 1. The van der Waals surface area contributed by atoms with Crippen molar-refractivity contribution in [1.29, 1.82) is 0 Å². The van der Waals surface area contributed by atoms with Crippen LogP contribution in [0.3, 0.4) is 0 Å². The lowest BCUT2D eigenvalue weighted by Gasteiger charge is -2.29. The van der Waals surface area contributed by atoms with Crippen molar-refractivity contribution in [2.24, 2.45) is 0 Å². The molecule has 1 amide bonds. The van der Waals surface area contributed by atoms with Crippen LogP contribution in [0.15, 0.2) is 24.3 Å². The summed E-state index contributed by atoms with van der Waals surface area (Å²) in [6.07, 6.45) is 5.93. The van der Waals surface area contributed by atoms with Gasteiger partial charge < -0.3 is 20.5 Å². The van der Waals surface area contributed by atoms with Crippen LogP contribution in [0.5, 0.6) is 0 Å². The number of rotatable bonds is 7. The largest absolute Gasteiger partial charge is 0.479 e. The van der Waals surface area contributed by atoms with Gasteiger partial charge in [0.1, 0.15) is 0 Å².